The minimum atomic E-state index is 0.818. The Morgan fingerprint density at radius 1 is 1.27 bits per heavy atom. The van der Waals surface area contributed by atoms with Gasteiger partial charge in [0, 0.05) is 6.42 Å². The fraction of sp³-hybridized carbons (Fsp3) is 0.600. The van der Waals surface area contributed by atoms with Crippen molar-refractivity contribution < 1.29 is 4.74 Å². The lowest BCUT2D eigenvalue weighted by Gasteiger charge is -2.23. The van der Waals surface area contributed by atoms with Crippen LogP contribution in [0.4, 0.5) is 0 Å². The average Bonchev–Trinajstić information content (AvgIpc) is 2.04. The molecule has 0 unspecified atom stereocenters. The molecule has 1 aliphatic carbocycles. The molecule has 1 heteroatoms. The van der Waals surface area contributed by atoms with E-state index >= 15 is 0 Å². The van der Waals surface area contributed by atoms with E-state index in [0.29, 0.717) is 0 Å². The van der Waals surface area contributed by atoms with Crippen LogP contribution in [0.25, 0.3) is 0 Å². The number of hydrogen-bond acceptors (Lipinski definition) is 1. The highest BCUT2D eigenvalue weighted by molar-refractivity contribution is 5.30. The Bertz CT molecular complexity index is 223. The monoisotopic (exact) mass is 150 g/mol. The summed E-state index contributed by atoms with van der Waals surface area (Å²) in [5.74, 6) is 1.27. The molecule has 0 aromatic heterocycles. The third-order valence-corrected chi connectivity index (χ3v) is 2.35. The van der Waals surface area contributed by atoms with E-state index in [4.69, 9.17) is 4.74 Å². The van der Waals surface area contributed by atoms with Crippen molar-refractivity contribution in [2.75, 3.05) is 6.61 Å². The average molecular weight is 150 g/mol. The Morgan fingerprint density at radius 2 is 2.09 bits per heavy atom. The predicted molar refractivity (Wildman–Crippen MR) is 45.2 cm³/mol. The molecule has 1 nitrogen and oxygen atoms in total. The van der Waals surface area contributed by atoms with Crippen molar-refractivity contribution in [3.8, 4) is 0 Å². The summed E-state index contributed by atoms with van der Waals surface area (Å²) in [4.78, 5) is 0. The summed E-state index contributed by atoms with van der Waals surface area (Å²) in [5, 5.41) is 0. The lowest BCUT2D eigenvalue weighted by Crippen LogP contribution is -2.09. The van der Waals surface area contributed by atoms with Crippen LogP contribution in [0.1, 0.15) is 32.6 Å². The molecular weight excluding hydrogens is 136 g/mol. The van der Waals surface area contributed by atoms with Gasteiger partial charge in [-0.3, -0.25) is 0 Å². The first kappa shape index (κ1) is 6.96. The molecule has 0 saturated carbocycles. The lowest BCUT2D eigenvalue weighted by molar-refractivity contribution is 0.210. The van der Waals surface area contributed by atoms with Gasteiger partial charge in [-0.2, -0.15) is 0 Å². The van der Waals surface area contributed by atoms with Crippen LogP contribution in [-0.4, -0.2) is 6.61 Å². The molecule has 0 aromatic rings. The summed E-state index contributed by atoms with van der Waals surface area (Å²) in [6.07, 6.45) is 7.35. The van der Waals surface area contributed by atoms with Gasteiger partial charge < -0.3 is 4.74 Å². The zero-order valence-electron chi connectivity index (χ0n) is 7.02. The maximum absolute atomic E-state index is 5.61. The Hall–Kier alpha value is -0.720. The fourth-order valence-corrected chi connectivity index (χ4v) is 1.76. The molecule has 2 aliphatic rings. The Morgan fingerprint density at radius 3 is 3.00 bits per heavy atom. The largest absolute Gasteiger partial charge is 0.493 e. The van der Waals surface area contributed by atoms with Crippen molar-refractivity contribution in [2.45, 2.75) is 32.6 Å². The number of ether oxygens (including phenoxy) is 1. The summed E-state index contributed by atoms with van der Waals surface area (Å²) in [7, 11) is 0. The molecule has 0 N–H and O–H groups in total. The standard InChI is InChI=1S/C10H14O/c1-8-6-9-4-2-3-5-10(9)11-7-8/h6H,2-5,7H2,1H3. The molecule has 11 heavy (non-hydrogen) atoms. The van der Waals surface area contributed by atoms with Crippen LogP contribution in [0, 0.1) is 0 Å². The first-order valence-corrected chi connectivity index (χ1v) is 4.38. The van der Waals surface area contributed by atoms with E-state index < -0.39 is 0 Å². The van der Waals surface area contributed by atoms with Gasteiger partial charge in [0.2, 0.25) is 0 Å². The van der Waals surface area contributed by atoms with Gasteiger partial charge in [-0.25, -0.2) is 0 Å². The van der Waals surface area contributed by atoms with Gasteiger partial charge in [-0.05, 0) is 37.3 Å². The zero-order chi connectivity index (χ0) is 7.68. The van der Waals surface area contributed by atoms with E-state index in [1.807, 2.05) is 0 Å². The van der Waals surface area contributed by atoms with Gasteiger partial charge in [0.25, 0.3) is 0 Å². The first-order chi connectivity index (χ1) is 5.36. The van der Waals surface area contributed by atoms with Gasteiger partial charge in [0.05, 0.1) is 5.76 Å². The van der Waals surface area contributed by atoms with E-state index in [0.717, 1.165) is 6.61 Å². The third-order valence-electron chi connectivity index (χ3n) is 2.35. The quantitative estimate of drug-likeness (QED) is 0.516. The van der Waals surface area contributed by atoms with E-state index in [2.05, 4.69) is 13.0 Å². The van der Waals surface area contributed by atoms with E-state index in [1.165, 1.54) is 42.6 Å². The van der Waals surface area contributed by atoms with Gasteiger partial charge in [-0.15, -0.1) is 0 Å². The normalized spacial score (nSPS) is 23.9. The topological polar surface area (TPSA) is 9.23 Å². The molecule has 0 atom stereocenters. The molecule has 0 bridgehead atoms. The summed E-state index contributed by atoms with van der Waals surface area (Å²) in [5.41, 5.74) is 2.82. The maximum atomic E-state index is 5.61. The van der Waals surface area contributed by atoms with Crippen LogP contribution in [-0.2, 0) is 4.74 Å². The van der Waals surface area contributed by atoms with Crippen molar-refractivity contribution in [3.63, 3.8) is 0 Å². The lowest BCUT2D eigenvalue weighted by atomic mass is 9.95. The predicted octanol–water partition coefficient (Wildman–Crippen LogP) is 2.79. The molecule has 0 aromatic carbocycles. The van der Waals surface area contributed by atoms with Gasteiger partial charge >= 0.3 is 0 Å². The highest BCUT2D eigenvalue weighted by Crippen LogP contribution is 2.30. The van der Waals surface area contributed by atoms with Crippen LogP contribution in [0.5, 0.6) is 0 Å². The number of hydrogen-bond donors (Lipinski definition) is 0. The van der Waals surface area contributed by atoms with Crippen LogP contribution >= 0.6 is 0 Å². The number of allylic oxidation sites excluding steroid dienone is 3. The van der Waals surface area contributed by atoms with Crippen molar-refractivity contribution >= 4 is 0 Å². The van der Waals surface area contributed by atoms with Crippen LogP contribution in [0.15, 0.2) is 23.0 Å². The Kier molecular flexibility index (Phi) is 1.72. The van der Waals surface area contributed by atoms with E-state index in [1.54, 1.807) is 0 Å². The molecular formula is C10H14O. The summed E-state index contributed by atoms with van der Waals surface area (Å²) in [6.45, 7) is 2.96. The van der Waals surface area contributed by atoms with Crippen LogP contribution < -0.4 is 0 Å². The number of rotatable bonds is 0. The molecule has 60 valence electrons. The second-order valence-corrected chi connectivity index (χ2v) is 3.43. The molecule has 0 fully saturated rings. The molecule has 0 radical (unpaired) electrons. The van der Waals surface area contributed by atoms with Gasteiger partial charge in [-0.1, -0.05) is 6.08 Å². The van der Waals surface area contributed by atoms with E-state index in [9.17, 15) is 0 Å². The van der Waals surface area contributed by atoms with Crippen molar-refractivity contribution in [3.05, 3.63) is 23.0 Å². The molecule has 1 heterocycles. The third kappa shape index (κ3) is 1.32. The van der Waals surface area contributed by atoms with Gasteiger partial charge in [0.1, 0.15) is 6.61 Å². The maximum Gasteiger partial charge on any atom is 0.109 e. The van der Waals surface area contributed by atoms with Crippen LogP contribution in [0.2, 0.25) is 0 Å². The Balaban J connectivity index is 2.25. The summed E-state index contributed by atoms with van der Waals surface area (Å²) < 4.78 is 5.61. The minimum absolute atomic E-state index is 0.818. The highest BCUT2D eigenvalue weighted by Gasteiger charge is 2.15. The molecule has 2 rings (SSSR count). The van der Waals surface area contributed by atoms with Gasteiger partial charge in [0.15, 0.2) is 0 Å². The van der Waals surface area contributed by atoms with Crippen molar-refractivity contribution in [1.82, 2.24) is 0 Å². The first-order valence-electron chi connectivity index (χ1n) is 4.38. The summed E-state index contributed by atoms with van der Waals surface area (Å²) in [6, 6.07) is 0. The SMILES string of the molecule is CC1=CC2=C(CCCC2)OC1. The summed E-state index contributed by atoms with van der Waals surface area (Å²) >= 11 is 0. The molecule has 0 saturated heterocycles. The highest BCUT2D eigenvalue weighted by atomic mass is 16.5. The minimum Gasteiger partial charge on any atom is -0.493 e. The molecule has 1 aliphatic heterocycles. The fourth-order valence-electron chi connectivity index (χ4n) is 1.76. The smallest absolute Gasteiger partial charge is 0.109 e. The molecule has 0 amide bonds. The van der Waals surface area contributed by atoms with Crippen molar-refractivity contribution in [2.24, 2.45) is 0 Å². The zero-order valence-corrected chi connectivity index (χ0v) is 7.02. The van der Waals surface area contributed by atoms with Crippen molar-refractivity contribution in [1.29, 1.82) is 0 Å². The second-order valence-electron chi connectivity index (χ2n) is 3.43. The van der Waals surface area contributed by atoms with Crippen LogP contribution in [0.3, 0.4) is 0 Å². The second kappa shape index (κ2) is 2.72. The Labute approximate surface area is 67.7 Å². The molecule has 0 spiro atoms. The van der Waals surface area contributed by atoms with E-state index in [-0.39, 0.29) is 0 Å².